The lowest BCUT2D eigenvalue weighted by Crippen LogP contribution is -2.33. The molecule has 1 aromatic heterocycles. The van der Waals surface area contributed by atoms with E-state index in [0.29, 0.717) is 46.0 Å². The number of nitrogens with one attached hydrogen (secondary N) is 1. The van der Waals surface area contributed by atoms with Crippen molar-refractivity contribution < 1.29 is 9.90 Å². The molecule has 4 rings (SSSR count). The first-order valence-electron chi connectivity index (χ1n) is 10.2. The number of rotatable bonds is 6. The van der Waals surface area contributed by atoms with Crippen LogP contribution in [0.15, 0.2) is 76.0 Å². The zero-order chi connectivity index (χ0) is 23.5. The number of pyridine rings is 1. The van der Waals surface area contributed by atoms with Crippen LogP contribution >= 0.6 is 39.1 Å². The fourth-order valence-electron chi connectivity index (χ4n) is 3.69. The predicted molar refractivity (Wildman–Crippen MR) is 137 cm³/mol. The fraction of sp³-hybridized carbons (Fsp3) is 0.120. The minimum Gasteiger partial charge on any atom is -0.502 e. The maximum atomic E-state index is 13.7. The molecule has 0 fully saturated rings. The van der Waals surface area contributed by atoms with E-state index in [1.807, 2.05) is 36.4 Å². The van der Waals surface area contributed by atoms with E-state index in [2.05, 4.69) is 20.9 Å². The largest absolute Gasteiger partial charge is 0.502 e. The number of fused-ring (bicyclic) bond motifs is 1. The molecule has 0 aliphatic heterocycles. The number of halogens is 3. The van der Waals surface area contributed by atoms with Crippen LogP contribution < -0.4 is 10.5 Å². The molecule has 0 aliphatic carbocycles. The highest BCUT2D eigenvalue weighted by Gasteiger charge is 2.25. The van der Waals surface area contributed by atoms with E-state index in [1.54, 1.807) is 35.2 Å². The first-order valence-corrected chi connectivity index (χ1v) is 11.8. The zero-order valence-corrected chi connectivity index (χ0v) is 20.4. The van der Waals surface area contributed by atoms with Crippen molar-refractivity contribution in [1.82, 2.24) is 4.98 Å². The van der Waals surface area contributed by atoms with Crippen LogP contribution in [-0.2, 0) is 6.42 Å². The summed E-state index contributed by atoms with van der Waals surface area (Å²) in [5.41, 5.74) is 1.41. The molecule has 1 amide bonds. The molecule has 4 aromatic rings. The number of aromatic hydroxyl groups is 1. The number of hydrogen-bond donors (Lipinski definition) is 2. The van der Waals surface area contributed by atoms with Crippen LogP contribution in [-0.4, -0.2) is 22.5 Å². The molecular weight excluding hydrogens is 527 g/mol. The monoisotopic (exact) mass is 544 g/mol. The van der Waals surface area contributed by atoms with Gasteiger partial charge in [0.05, 0.1) is 15.6 Å². The molecule has 0 spiro atoms. The third-order valence-corrected chi connectivity index (χ3v) is 6.59. The van der Waals surface area contributed by atoms with Crippen LogP contribution in [0.3, 0.4) is 0 Å². The molecule has 1 heterocycles. The second-order valence-corrected chi connectivity index (χ2v) is 9.24. The summed E-state index contributed by atoms with van der Waals surface area (Å²) in [6.45, 7) is 0.362. The molecule has 0 unspecified atom stereocenters. The molecule has 0 radical (unpaired) electrons. The Hall–Kier alpha value is -2.80. The minimum absolute atomic E-state index is 0.0215. The van der Waals surface area contributed by atoms with E-state index in [4.69, 9.17) is 23.2 Å². The van der Waals surface area contributed by atoms with Gasteiger partial charge in [0.1, 0.15) is 0 Å². The summed E-state index contributed by atoms with van der Waals surface area (Å²) >= 11 is 15.5. The number of anilines is 1. The Morgan fingerprint density at radius 3 is 2.45 bits per heavy atom. The van der Waals surface area contributed by atoms with Crippen molar-refractivity contribution in [2.45, 2.75) is 12.8 Å². The molecule has 2 N–H and O–H groups in total. The number of nitrogens with zero attached hydrogens (tertiary/aromatic N) is 1. The van der Waals surface area contributed by atoms with Crippen molar-refractivity contribution in [2.75, 3.05) is 11.4 Å². The van der Waals surface area contributed by atoms with Crippen LogP contribution in [0.5, 0.6) is 5.75 Å². The van der Waals surface area contributed by atoms with E-state index < -0.39 is 17.2 Å². The summed E-state index contributed by atoms with van der Waals surface area (Å²) in [7, 11) is 0. The summed E-state index contributed by atoms with van der Waals surface area (Å²) in [5, 5.41) is 12.0. The van der Waals surface area contributed by atoms with Gasteiger partial charge in [0.15, 0.2) is 5.75 Å². The Balaban J connectivity index is 1.69. The summed E-state index contributed by atoms with van der Waals surface area (Å²) in [6, 6.07) is 19.7. The highest BCUT2D eigenvalue weighted by atomic mass is 79.9. The molecule has 3 aromatic carbocycles. The number of aryl methyl sites for hydroxylation is 1. The summed E-state index contributed by atoms with van der Waals surface area (Å²) in [5.74, 6) is -1.04. The second-order valence-electron chi connectivity index (χ2n) is 7.51. The summed E-state index contributed by atoms with van der Waals surface area (Å²) < 4.78 is 0.874. The van der Waals surface area contributed by atoms with Crippen molar-refractivity contribution in [1.29, 1.82) is 0 Å². The van der Waals surface area contributed by atoms with Crippen molar-refractivity contribution in [2.24, 2.45) is 0 Å². The number of hydrogen-bond acceptors (Lipinski definition) is 3. The van der Waals surface area contributed by atoms with Crippen molar-refractivity contribution in [3.8, 4) is 5.75 Å². The number of para-hydroxylation sites is 1. The second kappa shape index (κ2) is 10.00. The van der Waals surface area contributed by atoms with Gasteiger partial charge in [-0.25, -0.2) is 0 Å². The topological polar surface area (TPSA) is 73.4 Å². The number of benzene rings is 3. The molecule has 168 valence electrons. The molecule has 8 heteroatoms. The van der Waals surface area contributed by atoms with Gasteiger partial charge >= 0.3 is 0 Å². The highest BCUT2D eigenvalue weighted by molar-refractivity contribution is 9.10. The van der Waals surface area contributed by atoms with Gasteiger partial charge in [-0.1, -0.05) is 63.4 Å². The average Bonchev–Trinajstić information content (AvgIpc) is 2.80. The molecule has 33 heavy (non-hydrogen) atoms. The van der Waals surface area contributed by atoms with E-state index in [1.165, 1.54) is 0 Å². The number of carbonyl (C=O) groups is 1. The summed E-state index contributed by atoms with van der Waals surface area (Å²) in [6.07, 6.45) is 1.29. The summed E-state index contributed by atoms with van der Waals surface area (Å²) in [4.78, 5) is 30.2. The molecule has 0 bridgehead atoms. The molecule has 0 aliphatic rings. The smallest absolute Gasteiger partial charge is 0.291 e. The normalized spacial score (nSPS) is 11.0. The number of H-pyrrole nitrogens is 1. The molecular formula is C25H19BrCl2N2O3. The maximum Gasteiger partial charge on any atom is 0.291 e. The molecule has 0 atom stereocenters. The standard InChI is InChI=1S/C25H19BrCl2N2O3/c26-16-8-10-17(11-9-16)30(13-3-4-15-7-12-19(27)20(28)14-15)25(33)22-18-5-1-2-6-21(18)29-24(32)23(22)31/h1-2,5-12,14,31H,3-4,13H2,(H,29,32). The van der Waals surface area contributed by atoms with E-state index in [0.717, 1.165) is 10.0 Å². The van der Waals surface area contributed by atoms with E-state index in [9.17, 15) is 14.7 Å². The number of aromatic amines is 1. The van der Waals surface area contributed by atoms with Crippen LogP contribution in [0.1, 0.15) is 22.3 Å². The lowest BCUT2D eigenvalue weighted by Gasteiger charge is -2.24. The van der Waals surface area contributed by atoms with Gasteiger partial charge in [0.25, 0.3) is 11.5 Å². The lowest BCUT2D eigenvalue weighted by atomic mass is 10.1. The molecule has 0 saturated heterocycles. The SMILES string of the molecule is O=C(c1c(O)c(=O)[nH]c2ccccc12)N(CCCc1ccc(Cl)c(Cl)c1)c1ccc(Br)cc1. The average molecular weight is 546 g/mol. The van der Waals surface area contributed by atoms with Gasteiger partial charge in [0, 0.05) is 27.6 Å². The first kappa shape index (κ1) is 23.4. The Morgan fingerprint density at radius 2 is 1.73 bits per heavy atom. The van der Waals surface area contributed by atoms with Gasteiger partial charge in [-0.05, 0) is 60.9 Å². The van der Waals surface area contributed by atoms with Gasteiger partial charge in [-0.15, -0.1) is 0 Å². The van der Waals surface area contributed by atoms with Gasteiger partial charge < -0.3 is 15.0 Å². The minimum atomic E-state index is -0.705. The lowest BCUT2D eigenvalue weighted by molar-refractivity contribution is 0.0985. The Kier molecular flexibility index (Phi) is 7.08. The van der Waals surface area contributed by atoms with Gasteiger partial charge in [-0.3, -0.25) is 9.59 Å². The number of amides is 1. The molecule has 5 nitrogen and oxygen atoms in total. The van der Waals surface area contributed by atoms with Crippen LogP contribution in [0, 0.1) is 0 Å². The highest BCUT2D eigenvalue weighted by Crippen LogP contribution is 2.28. The maximum absolute atomic E-state index is 13.7. The Morgan fingerprint density at radius 1 is 1.00 bits per heavy atom. The van der Waals surface area contributed by atoms with Crippen molar-refractivity contribution in [3.63, 3.8) is 0 Å². The zero-order valence-electron chi connectivity index (χ0n) is 17.3. The third kappa shape index (κ3) is 5.08. The van der Waals surface area contributed by atoms with Gasteiger partial charge in [-0.2, -0.15) is 0 Å². The predicted octanol–water partition coefficient (Wildman–Crippen LogP) is 6.58. The van der Waals surface area contributed by atoms with Crippen LogP contribution in [0.4, 0.5) is 5.69 Å². The van der Waals surface area contributed by atoms with E-state index >= 15 is 0 Å². The first-order chi connectivity index (χ1) is 15.8. The van der Waals surface area contributed by atoms with Gasteiger partial charge in [0.2, 0.25) is 0 Å². The van der Waals surface area contributed by atoms with E-state index in [-0.39, 0.29) is 5.56 Å². The Labute approximate surface area is 208 Å². The molecule has 0 saturated carbocycles. The fourth-order valence-corrected chi connectivity index (χ4v) is 4.27. The number of carbonyl (C=O) groups excluding carboxylic acids is 1. The Bertz CT molecular complexity index is 1390. The van der Waals surface area contributed by atoms with Crippen molar-refractivity contribution >= 4 is 61.6 Å². The number of aromatic nitrogens is 1. The van der Waals surface area contributed by atoms with Crippen LogP contribution in [0.25, 0.3) is 10.9 Å². The third-order valence-electron chi connectivity index (χ3n) is 5.32. The van der Waals surface area contributed by atoms with Crippen molar-refractivity contribution in [3.05, 3.63) is 103 Å². The quantitative estimate of drug-likeness (QED) is 0.287. The van der Waals surface area contributed by atoms with Crippen LogP contribution in [0.2, 0.25) is 10.0 Å².